The van der Waals surface area contributed by atoms with Crippen LogP contribution in [0.2, 0.25) is 0 Å². The fourth-order valence-corrected chi connectivity index (χ4v) is 4.34. The second-order valence-corrected chi connectivity index (χ2v) is 8.21. The molecule has 1 aromatic carbocycles. The summed E-state index contributed by atoms with van der Waals surface area (Å²) >= 11 is 0. The number of nitrogens with zero attached hydrogens (tertiary/aromatic N) is 2. The van der Waals surface area contributed by atoms with Crippen molar-refractivity contribution >= 4 is 17.0 Å². The van der Waals surface area contributed by atoms with E-state index in [2.05, 4.69) is 36.2 Å². The minimum Gasteiger partial charge on any atom is -0.448 e. The van der Waals surface area contributed by atoms with Crippen LogP contribution in [0.4, 0.5) is 0 Å². The molecule has 1 atom stereocenters. The van der Waals surface area contributed by atoms with Gasteiger partial charge in [-0.25, -0.2) is 0 Å². The van der Waals surface area contributed by atoms with E-state index in [0.29, 0.717) is 24.8 Å². The maximum atomic E-state index is 12.9. The van der Waals surface area contributed by atoms with Crippen LogP contribution in [0.25, 0.3) is 11.1 Å². The first-order valence-corrected chi connectivity index (χ1v) is 10.8. The number of aromatic nitrogens is 1. The monoisotopic (exact) mass is 393 g/mol. The largest absolute Gasteiger partial charge is 0.448 e. The van der Waals surface area contributed by atoms with Crippen molar-refractivity contribution in [2.24, 2.45) is 0 Å². The van der Waals surface area contributed by atoms with E-state index in [9.17, 15) is 4.79 Å². The van der Waals surface area contributed by atoms with Crippen LogP contribution in [0.15, 0.2) is 47.1 Å². The van der Waals surface area contributed by atoms with Crippen LogP contribution in [0.5, 0.6) is 0 Å². The molecule has 3 heterocycles. The molecule has 1 unspecified atom stereocenters. The maximum Gasteiger partial charge on any atom is 0.268 e. The lowest BCUT2D eigenvalue weighted by Crippen LogP contribution is -2.39. The van der Waals surface area contributed by atoms with Gasteiger partial charge >= 0.3 is 0 Å². The Bertz CT molecular complexity index is 972. The van der Waals surface area contributed by atoms with E-state index in [-0.39, 0.29) is 5.91 Å². The van der Waals surface area contributed by atoms with Gasteiger partial charge in [-0.2, -0.15) is 0 Å². The molecule has 4 rings (SSSR count). The Morgan fingerprint density at radius 2 is 2.10 bits per heavy atom. The van der Waals surface area contributed by atoms with E-state index in [1.165, 1.54) is 36.9 Å². The predicted octanol–water partition coefficient (Wildman–Crippen LogP) is 4.59. The van der Waals surface area contributed by atoms with Crippen LogP contribution in [0.1, 0.15) is 54.2 Å². The molecule has 0 aliphatic carbocycles. The SMILES string of the molecule is Cc1ccccc1Cn1c(C(=O)NCCCN2CCCCC2C)cc2ccoc21. The Labute approximate surface area is 172 Å². The molecule has 3 aromatic rings. The minimum atomic E-state index is -0.0309. The van der Waals surface area contributed by atoms with Gasteiger partial charge in [-0.3, -0.25) is 4.79 Å². The number of hydrogen-bond donors (Lipinski definition) is 1. The molecule has 154 valence electrons. The van der Waals surface area contributed by atoms with Gasteiger partial charge in [0, 0.05) is 24.5 Å². The van der Waals surface area contributed by atoms with Crippen LogP contribution in [0.3, 0.4) is 0 Å². The molecule has 5 nitrogen and oxygen atoms in total. The van der Waals surface area contributed by atoms with Gasteiger partial charge in [-0.1, -0.05) is 30.7 Å². The standard InChI is InChI=1S/C24H31N3O2/c1-18-8-3-4-10-21(18)17-27-22(16-20-11-15-29-24(20)27)23(28)25-12-7-14-26-13-6-5-9-19(26)2/h3-4,8,10-11,15-16,19H,5-7,9,12-14,17H2,1-2H3,(H,25,28). The Balaban J connectivity index is 1.42. The topological polar surface area (TPSA) is 50.4 Å². The highest BCUT2D eigenvalue weighted by atomic mass is 16.3. The number of carbonyl (C=O) groups is 1. The molecule has 0 saturated carbocycles. The average molecular weight is 394 g/mol. The van der Waals surface area contributed by atoms with E-state index >= 15 is 0 Å². The number of likely N-dealkylation sites (tertiary alicyclic amines) is 1. The average Bonchev–Trinajstić information content (AvgIpc) is 3.30. The predicted molar refractivity (Wildman–Crippen MR) is 116 cm³/mol. The lowest BCUT2D eigenvalue weighted by atomic mass is 10.0. The summed E-state index contributed by atoms with van der Waals surface area (Å²) in [5, 5.41) is 4.08. The summed E-state index contributed by atoms with van der Waals surface area (Å²) in [6.45, 7) is 7.96. The number of piperidine rings is 1. The van der Waals surface area contributed by atoms with Gasteiger partial charge in [-0.15, -0.1) is 0 Å². The summed E-state index contributed by atoms with van der Waals surface area (Å²) in [5.74, 6) is -0.0309. The maximum absolute atomic E-state index is 12.9. The number of amides is 1. The van der Waals surface area contributed by atoms with Crippen LogP contribution in [-0.4, -0.2) is 41.1 Å². The molecule has 29 heavy (non-hydrogen) atoms. The Kier molecular flexibility index (Phi) is 6.05. The molecular formula is C24H31N3O2. The van der Waals surface area contributed by atoms with Gasteiger partial charge in [0.05, 0.1) is 12.8 Å². The smallest absolute Gasteiger partial charge is 0.268 e. The number of rotatable bonds is 7. The Morgan fingerprint density at radius 1 is 1.24 bits per heavy atom. The molecule has 0 bridgehead atoms. The van der Waals surface area contributed by atoms with Crippen molar-refractivity contribution in [3.8, 4) is 0 Å². The molecular weight excluding hydrogens is 362 g/mol. The summed E-state index contributed by atoms with van der Waals surface area (Å²) in [6, 6.07) is 12.8. The summed E-state index contributed by atoms with van der Waals surface area (Å²) in [5.41, 5.74) is 3.81. The van der Waals surface area contributed by atoms with Gasteiger partial charge in [0.25, 0.3) is 5.91 Å². The highest BCUT2D eigenvalue weighted by molar-refractivity contribution is 5.97. The lowest BCUT2D eigenvalue weighted by molar-refractivity contribution is 0.0940. The first kappa shape index (κ1) is 19.8. The van der Waals surface area contributed by atoms with Crippen LogP contribution >= 0.6 is 0 Å². The lowest BCUT2D eigenvalue weighted by Gasteiger charge is -2.33. The number of hydrogen-bond acceptors (Lipinski definition) is 3. The number of benzene rings is 1. The van der Waals surface area contributed by atoms with Crippen molar-refractivity contribution in [1.82, 2.24) is 14.8 Å². The quantitative estimate of drug-likeness (QED) is 0.598. The van der Waals surface area contributed by atoms with Gasteiger partial charge in [0.15, 0.2) is 0 Å². The minimum absolute atomic E-state index is 0.0309. The van der Waals surface area contributed by atoms with Gasteiger partial charge < -0.3 is 19.2 Å². The van der Waals surface area contributed by atoms with Crippen molar-refractivity contribution < 1.29 is 9.21 Å². The van der Waals surface area contributed by atoms with Gasteiger partial charge in [-0.05, 0) is 62.9 Å². The van der Waals surface area contributed by atoms with Crippen molar-refractivity contribution in [1.29, 1.82) is 0 Å². The number of fused-ring (bicyclic) bond motifs is 1. The normalized spacial score (nSPS) is 17.7. The third-order valence-corrected chi connectivity index (χ3v) is 6.17. The highest BCUT2D eigenvalue weighted by Crippen LogP contribution is 2.23. The van der Waals surface area contributed by atoms with Crippen LogP contribution in [-0.2, 0) is 6.54 Å². The molecule has 1 aliphatic heterocycles. The molecule has 1 N–H and O–H groups in total. The van der Waals surface area contributed by atoms with Crippen molar-refractivity contribution in [3.05, 3.63) is 59.5 Å². The van der Waals surface area contributed by atoms with Crippen LogP contribution < -0.4 is 5.32 Å². The van der Waals surface area contributed by atoms with E-state index in [4.69, 9.17) is 4.42 Å². The molecule has 1 saturated heterocycles. The Hall–Kier alpha value is -2.53. The van der Waals surface area contributed by atoms with Crippen molar-refractivity contribution in [2.75, 3.05) is 19.6 Å². The van der Waals surface area contributed by atoms with Gasteiger partial charge in [0.1, 0.15) is 5.69 Å². The number of furan rings is 1. The second-order valence-electron chi connectivity index (χ2n) is 8.21. The molecule has 2 aromatic heterocycles. The molecule has 5 heteroatoms. The van der Waals surface area contributed by atoms with Crippen molar-refractivity contribution in [3.63, 3.8) is 0 Å². The second kappa shape index (κ2) is 8.87. The van der Waals surface area contributed by atoms with E-state index in [0.717, 1.165) is 24.1 Å². The Morgan fingerprint density at radius 3 is 2.93 bits per heavy atom. The van der Waals surface area contributed by atoms with E-state index in [1.807, 2.05) is 28.8 Å². The fraction of sp³-hybridized carbons (Fsp3) is 0.458. The van der Waals surface area contributed by atoms with Crippen LogP contribution in [0, 0.1) is 6.92 Å². The third kappa shape index (κ3) is 4.40. The highest BCUT2D eigenvalue weighted by Gasteiger charge is 2.19. The third-order valence-electron chi connectivity index (χ3n) is 6.17. The number of aryl methyl sites for hydroxylation is 1. The fourth-order valence-electron chi connectivity index (χ4n) is 4.34. The molecule has 1 amide bonds. The van der Waals surface area contributed by atoms with Gasteiger partial charge in [0.2, 0.25) is 5.71 Å². The first-order chi connectivity index (χ1) is 14.1. The van der Waals surface area contributed by atoms with E-state index < -0.39 is 0 Å². The first-order valence-electron chi connectivity index (χ1n) is 10.8. The summed E-state index contributed by atoms with van der Waals surface area (Å²) in [7, 11) is 0. The zero-order valence-electron chi connectivity index (χ0n) is 17.5. The molecule has 1 aliphatic rings. The molecule has 1 fully saturated rings. The summed E-state index contributed by atoms with van der Waals surface area (Å²) in [6.07, 6.45) is 6.58. The molecule has 0 radical (unpaired) electrons. The van der Waals surface area contributed by atoms with E-state index in [1.54, 1.807) is 6.26 Å². The number of nitrogens with one attached hydrogen (secondary N) is 1. The van der Waals surface area contributed by atoms with Crippen molar-refractivity contribution in [2.45, 2.75) is 52.1 Å². The zero-order valence-corrected chi connectivity index (χ0v) is 17.5. The molecule has 0 spiro atoms. The zero-order chi connectivity index (χ0) is 20.2. The summed E-state index contributed by atoms with van der Waals surface area (Å²) in [4.78, 5) is 15.5. The number of carbonyl (C=O) groups excluding carboxylic acids is 1. The summed E-state index contributed by atoms with van der Waals surface area (Å²) < 4.78 is 7.67.